The number of carbonyl (C=O) groups excluding carboxylic acids is 2. The number of carbonyl (C=O) groups is 2. The molecule has 1 spiro atoms. The summed E-state index contributed by atoms with van der Waals surface area (Å²) in [5, 5.41) is 3.05. The molecule has 4 aliphatic rings. The number of fused-ring (bicyclic) bond motifs is 1. The molecule has 2 saturated heterocycles. The molecule has 6 heteroatoms. The van der Waals surface area contributed by atoms with Crippen molar-refractivity contribution in [2.24, 2.45) is 11.8 Å². The van der Waals surface area contributed by atoms with Gasteiger partial charge in [-0.25, -0.2) is 0 Å². The normalized spacial score (nSPS) is 32.8. The molecule has 0 unspecified atom stereocenters. The average molecular weight is 396 g/mol. The molecule has 2 amide bonds. The minimum Gasteiger partial charge on any atom is -0.497 e. The fourth-order valence-corrected chi connectivity index (χ4v) is 5.59. The second-order valence-corrected chi connectivity index (χ2v) is 8.69. The molecule has 0 aromatic heterocycles. The van der Waals surface area contributed by atoms with Crippen LogP contribution < -0.4 is 10.1 Å². The molecular formula is C23H28N2O4. The van der Waals surface area contributed by atoms with Gasteiger partial charge < -0.3 is 19.7 Å². The lowest BCUT2D eigenvalue weighted by atomic mass is 9.77. The number of rotatable bonds is 6. The fourth-order valence-electron chi connectivity index (χ4n) is 5.59. The maximum absolute atomic E-state index is 13.2. The van der Waals surface area contributed by atoms with Crippen LogP contribution in [-0.4, -0.2) is 54.7 Å². The van der Waals surface area contributed by atoms with Crippen molar-refractivity contribution in [2.45, 2.75) is 49.9 Å². The van der Waals surface area contributed by atoms with E-state index in [2.05, 4.69) is 5.32 Å². The van der Waals surface area contributed by atoms with Crippen molar-refractivity contribution in [3.63, 3.8) is 0 Å². The third-order valence-corrected chi connectivity index (χ3v) is 7.07. The zero-order chi connectivity index (χ0) is 20.0. The van der Waals surface area contributed by atoms with E-state index in [4.69, 9.17) is 9.47 Å². The van der Waals surface area contributed by atoms with Gasteiger partial charge in [-0.05, 0) is 37.0 Å². The Morgan fingerprint density at radius 3 is 2.76 bits per heavy atom. The number of amides is 2. The third-order valence-electron chi connectivity index (χ3n) is 7.07. The number of nitrogens with zero attached hydrogens (tertiary/aromatic N) is 1. The molecule has 6 nitrogen and oxygen atoms in total. The van der Waals surface area contributed by atoms with Crippen LogP contribution in [0.15, 0.2) is 36.4 Å². The minimum atomic E-state index is -0.595. The lowest BCUT2D eigenvalue weighted by Crippen LogP contribution is -2.45. The maximum atomic E-state index is 13.2. The Labute approximate surface area is 171 Å². The van der Waals surface area contributed by atoms with Crippen LogP contribution in [0, 0.1) is 11.8 Å². The highest BCUT2D eigenvalue weighted by molar-refractivity contribution is 5.93. The largest absolute Gasteiger partial charge is 0.497 e. The molecule has 3 heterocycles. The number of benzene rings is 1. The van der Waals surface area contributed by atoms with Gasteiger partial charge in [0.25, 0.3) is 0 Å². The highest BCUT2D eigenvalue weighted by Crippen LogP contribution is 2.52. The molecule has 1 saturated carbocycles. The molecule has 3 fully saturated rings. The zero-order valence-corrected chi connectivity index (χ0v) is 16.8. The molecule has 2 bridgehead atoms. The van der Waals surface area contributed by atoms with E-state index in [-0.39, 0.29) is 23.8 Å². The maximum Gasteiger partial charge on any atom is 0.230 e. The van der Waals surface area contributed by atoms with E-state index in [9.17, 15) is 9.59 Å². The van der Waals surface area contributed by atoms with Crippen LogP contribution in [0.1, 0.15) is 31.2 Å². The summed E-state index contributed by atoms with van der Waals surface area (Å²) in [6, 6.07) is 8.17. The first kappa shape index (κ1) is 18.7. The van der Waals surface area contributed by atoms with Gasteiger partial charge in [-0.15, -0.1) is 0 Å². The highest BCUT2D eigenvalue weighted by Gasteiger charge is 2.67. The van der Waals surface area contributed by atoms with Gasteiger partial charge in [0, 0.05) is 12.6 Å². The van der Waals surface area contributed by atoms with E-state index in [0.717, 1.165) is 30.6 Å². The molecule has 1 aromatic rings. The third kappa shape index (κ3) is 3.05. The van der Waals surface area contributed by atoms with Crippen LogP contribution in [0.4, 0.5) is 0 Å². The first-order chi connectivity index (χ1) is 14.1. The molecule has 3 aliphatic heterocycles. The predicted molar refractivity (Wildman–Crippen MR) is 107 cm³/mol. The standard InChI is InChI=1S/C23H28N2O4/c1-28-17-8-6-15(7-9-17)11-13-24-21(26)19-18-10-12-23(29-18)14-25(22(27)20(19)23)16-4-2-3-5-16/h6-10,12,16,18-20H,2-5,11,13-14H2,1H3,(H,24,26)/t18-,19-,20+,23-/m1/s1. The number of likely N-dealkylation sites (tertiary alicyclic amines) is 1. The van der Waals surface area contributed by atoms with E-state index < -0.39 is 11.5 Å². The van der Waals surface area contributed by atoms with Gasteiger partial charge in [-0.1, -0.05) is 37.1 Å². The fraction of sp³-hybridized carbons (Fsp3) is 0.565. The van der Waals surface area contributed by atoms with Crippen LogP contribution in [0.3, 0.4) is 0 Å². The van der Waals surface area contributed by atoms with Crippen molar-refractivity contribution in [3.05, 3.63) is 42.0 Å². The summed E-state index contributed by atoms with van der Waals surface area (Å²) >= 11 is 0. The molecule has 1 aliphatic carbocycles. The summed E-state index contributed by atoms with van der Waals surface area (Å²) in [5.74, 6) is 0.0647. The van der Waals surface area contributed by atoms with Gasteiger partial charge in [-0.2, -0.15) is 0 Å². The topological polar surface area (TPSA) is 67.9 Å². The quantitative estimate of drug-likeness (QED) is 0.748. The van der Waals surface area contributed by atoms with Crippen molar-refractivity contribution >= 4 is 11.8 Å². The lowest BCUT2D eigenvalue weighted by Gasteiger charge is -2.27. The monoisotopic (exact) mass is 396 g/mol. The number of hydrogen-bond acceptors (Lipinski definition) is 4. The Morgan fingerprint density at radius 1 is 1.28 bits per heavy atom. The Morgan fingerprint density at radius 2 is 2.03 bits per heavy atom. The summed E-state index contributed by atoms with van der Waals surface area (Å²) in [6.07, 6.45) is 8.98. The van der Waals surface area contributed by atoms with Crippen LogP contribution in [0.25, 0.3) is 0 Å². The van der Waals surface area contributed by atoms with Gasteiger partial charge in [0.05, 0.1) is 31.6 Å². The van der Waals surface area contributed by atoms with Gasteiger partial charge in [-0.3, -0.25) is 9.59 Å². The molecule has 154 valence electrons. The Hall–Kier alpha value is -2.34. The lowest BCUT2D eigenvalue weighted by molar-refractivity contribution is -0.138. The van der Waals surface area contributed by atoms with Gasteiger partial charge >= 0.3 is 0 Å². The number of methoxy groups -OCH3 is 1. The minimum absolute atomic E-state index is 0.0682. The summed E-state index contributed by atoms with van der Waals surface area (Å²) < 4.78 is 11.4. The first-order valence-corrected chi connectivity index (χ1v) is 10.7. The second-order valence-electron chi connectivity index (χ2n) is 8.69. The van der Waals surface area contributed by atoms with E-state index in [1.807, 2.05) is 41.3 Å². The van der Waals surface area contributed by atoms with Crippen LogP contribution >= 0.6 is 0 Å². The van der Waals surface area contributed by atoms with E-state index >= 15 is 0 Å². The highest BCUT2D eigenvalue weighted by atomic mass is 16.5. The summed E-state index contributed by atoms with van der Waals surface area (Å²) in [4.78, 5) is 28.3. The summed E-state index contributed by atoms with van der Waals surface area (Å²) in [5.41, 5.74) is 0.540. The Kier molecular flexibility index (Phi) is 4.62. The zero-order valence-electron chi connectivity index (χ0n) is 16.8. The SMILES string of the molecule is COc1ccc(CCNC(=O)[C@H]2[C@H]3C(=O)N(C4CCCC4)C[C@]34C=C[C@H]2O4)cc1. The summed E-state index contributed by atoms with van der Waals surface area (Å²) in [6.45, 7) is 1.14. The van der Waals surface area contributed by atoms with Crippen molar-refractivity contribution in [2.75, 3.05) is 20.2 Å². The molecule has 0 radical (unpaired) electrons. The first-order valence-electron chi connectivity index (χ1n) is 10.7. The van der Waals surface area contributed by atoms with Gasteiger partial charge in [0.2, 0.25) is 11.8 Å². The van der Waals surface area contributed by atoms with E-state index in [1.54, 1.807) is 7.11 Å². The van der Waals surface area contributed by atoms with Gasteiger partial charge in [0.1, 0.15) is 11.4 Å². The molecule has 5 rings (SSSR count). The number of ether oxygens (including phenoxy) is 2. The van der Waals surface area contributed by atoms with Crippen molar-refractivity contribution in [1.82, 2.24) is 10.2 Å². The Balaban J connectivity index is 1.24. The molecule has 4 atom stereocenters. The molecule has 1 aromatic carbocycles. The van der Waals surface area contributed by atoms with Crippen LogP contribution in [0.2, 0.25) is 0 Å². The smallest absolute Gasteiger partial charge is 0.230 e. The van der Waals surface area contributed by atoms with Crippen molar-refractivity contribution in [1.29, 1.82) is 0 Å². The van der Waals surface area contributed by atoms with E-state index in [1.165, 1.54) is 12.8 Å². The average Bonchev–Trinajstić information content (AvgIpc) is 3.50. The van der Waals surface area contributed by atoms with E-state index in [0.29, 0.717) is 19.1 Å². The molecular weight excluding hydrogens is 368 g/mol. The predicted octanol–water partition coefficient (Wildman–Crippen LogP) is 2.08. The van der Waals surface area contributed by atoms with Crippen LogP contribution in [0.5, 0.6) is 5.75 Å². The second kappa shape index (κ2) is 7.17. The number of nitrogens with one attached hydrogen (secondary N) is 1. The molecule has 29 heavy (non-hydrogen) atoms. The molecule has 1 N–H and O–H groups in total. The number of hydrogen-bond donors (Lipinski definition) is 1. The van der Waals surface area contributed by atoms with Crippen molar-refractivity contribution in [3.8, 4) is 5.75 Å². The van der Waals surface area contributed by atoms with Gasteiger partial charge in [0.15, 0.2) is 0 Å². The van der Waals surface area contributed by atoms with Crippen LogP contribution in [-0.2, 0) is 20.7 Å². The Bertz CT molecular complexity index is 830. The summed E-state index contributed by atoms with van der Waals surface area (Å²) in [7, 11) is 1.64. The van der Waals surface area contributed by atoms with Crippen molar-refractivity contribution < 1.29 is 19.1 Å².